The van der Waals surface area contributed by atoms with Gasteiger partial charge in [-0.15, -0.1) is 0 Å². The highest BCUT2D eigenvalue weighted by molar-refractivity contribution is 6.12. The predicted octanol–water partition coefficient (Wildman–Crippen LogP) is 4.63. The summed E-state index contributed by atoms with van der Waals surface area (Å²) in [6.45, 7) is 0. The molecule has 2 aromatic carbocycles. The first-order valence-electron chi connectivity index (χ1n) is 8.84. The van der Waals surface area contributed by atoms with Crippen LogP contribution in [0.1, 0.15) is 18.9 Å². The Hall–Kier alpha value is -3.28. The van der Waals surface area contributed by atoms with Gasteiger partial charge in [-0.3, -0.25) is 0 Å². The average molecular weight is 363 g/mol. The summed E-state index contributed by atoms with van der Waals surface area (Å²) in [5, 5.41) is 11.8. The zero-order chi connectivity index (χ0) is 18.7. The number of pyridine rings is 1. The highest BCUT2D eigenvalue weighted by atomic mass is 19.1. The van der Waals surface area contributed by atoms with Gasteiger partial charge in [0, 0.05) is 28.8 Å². The van der Waals surface area contributed by atoms with Crippen molar-refractivity contribution in [3.63, 3.8) is 0 Å². The Morgan fingerprint density at radius 3 is 2.67 bits per heavy atom. The van der Waals surface area contributed by atoms with Gasteiger partial charge in [0.25, 0.3) is 0 Å². The molecule has 0 unspecified atom stereocenters. The van der Waals surface area contributed by atoms with E-state index >= 15 is 0 Å². The minimum absolute atomic E-state index is 0.150. The van der Waals surface area contributed by atoms with Crippen LogP contribution in [-0.4, -0.2) is 21.8 Å². The van der Waals surface area contributed by atoms with E-state index in [9.17, 15) is 9.50 Å². The molecule has 2 aromatic heterocycles. The summed E-state index contributed by atoms with van der Waals surface area (Å²) in [6.07, 6.45) is 3.90. The molecule has 0 spiro atoms. The highest BCUT2D eigenvalue weighted by Gasteiger charge is 2.28. The maximum Gasteiger partial charge on any atom is 0.203 e. The third-order valence-corrected chi connectivity index (χ3v) is 5.23. The molecule has 1 fully saturated rings. The number of hydrogen-bond donors (Lipinski definition) is 2. The van der Waals surface area contributed by atoms with Gasteiger partial charge in [-0.05, 0) is 18.9 Å². The highest BCUT2D eigenvalue weighted by Crippen LogP contribution is 2.45. The number of rotatable bonds is 3. The number of methoxy groups -OCH3 is 1. The van der Waals surface area contributed by atoms with Crippen LogP contribution in [-0.2, 0) is 0 Å². The SMILES string of the molecule is COc1cccc(-c2cccc3c(N)c4c(O)n(C5CC5)cc4nc23)c1F. The second kappa shape index (κ2) is 5.61. The summed E-state index contributed by atoms with van der Waals surface area (Å²) in [6, 6.07) is 10.8. The molecule has 4 aromatic rings. The lowest BCUT2D eigenvalue weighted by Gasteiger charge is -2.11. The largest absolute Gasteiger partial charge is 0.494 e. The van der Waals surface area contributed by atoms with Crippen LogP contribution in [0.3, 0.4) is 0 Å². The normalized spacial score (nSPS) is 14.1. The molecule has 5 nitrogen and oxygen atoms in total. The van der Waals surface area contributed by atoms with Gasteiger partial charge in [0.05, 0.1) is 29.2 Å². The van der Waals surface area contributed by atoms with Crippen LogP contribution in [0.5, 0.6) is 11.6 Å². The van der Waals surface area contributed by atoms with Gasteiger partial charge in [0.15, 0.2) is 11.6 Å². The molecule has 6 heteroatoms. The summed E-state index contributed by atoms with van der Waals surface area (Å²) in [4.78, 5) is 4.73. The summed E-state index contributed by atoms with van der Waals surface area (Å²) in [5.41, 5.74) is 9.10. The Bertz CT molecular complexity index is 1210. The zero-order valence-electron chi connectivity index (χ0n) is 14.7. The fraction of sp³-hybridized carbons (Fsp3) is 0.190. The van der Waals surface area contributed by atoms with E-state index in [1.54, 1.807) is 18.2 Å². The van der Waals surface area contributed by atoms with E-state index in [1.807, 2.05) is 29.0 Å². The summed E-state index contributed by atoms with van der Waals surface area (Å²) in [5.74, 6) is -0.111. The second-order valence-electron chi connectivity index (χ2n) is 6.90. The minimum atomic E-state index is -0.439. The van der Waals surface area contributed by atoms with Crippen molar-refractivity contribution >= 4 is 27.5 Å². The zero-order valence-corrected chi connectivity index (χ0v) is 14.7. The molecular formula is C21H18FN3O2. The first kappa shape index (κ1) is 15.9. The molecule has 2 heterocycles. The summed E-state index contributed by atoms with van der Waals surface area (Å²) in [7, 11) is 1.44. The predicted molar refractivity (Wildman–Crippen MR) is 104 cm³/mol. The van der Waals surface area contributed by atoms with Gasteiger partial charge in [-0.25, -0.2) is 9.37 Å². The monoisotopic (exact) mass is 363 g/mol. The van der Waals surface area contributed by atoms with Crippen molar-refractivity contribution in [3.8, 4) is 22.8 Å². The lowest BCUT2D eigenvalue weighted by atomic mass is 9.99. The number of nitrogen functional groups attached to an aromatic ring is 1. The second-order valence-corrected chi connectivity index (χ2v) is 6.90. The molecule has 0 amide bonds. The van der Waals surface area contributed by atoms with Crippen molar-refractivity contribution in [2.45, 2.75) is 18.9 Å². The minimum Gasteiger partial charge on any atom is -0.494 e. The van der Waals surface area contributed by atoms with Crippen molar-refractivity contribution in [2.24, 2.45) is 0 Å². The molecule has 0 radical (unpaired) electrons. The maximum absolute atomic E-state index is 14.9. The average Bonchev–Trinajstić information content (AvgIpc) is 3.46. The summed E-state index contributed by atoms with van der Waals surface area (Å²) < 4.78 is 21.8. The number of ether oxygens (including phenoxy) is 1. The Morgan fingerprint density at radius 1 is 1.19 bits per heavy atom. The van der Waals surface area contributed by atoms with Crippen LogP contribution in [0.15, 0.2) is 42.6 Å². The van der Waals surface area contributed by atoms with Crippen molar-refractivity contribution in [1.82, 2.24) is 9.55 Å². The molecule has 0 saturated heterocycles. The van der Waals surface area contributed by atoms with E-state index in [0.717, 1.165) is 12.8 Å². The Kier molecular flexibility index (Phi) is 3.31. The topological polar surface area (TPSA) is 73.3 Å². The van der Waals surface area contributed by atoms with Gasteiger partial charge in [0.2, 0.25) is 5.88 Å². The van der Waals surface area contributed by atoms with Crippen molar-refractivity contribution in [3.05, 3.63) is 48.4 Å². The van der Waals surface area contributed by atoms with Crippen LogP contribution in [0.2, 0.25) is 0 Å². The van der Waals surface area contributed by atoms with E-state index in [4.69, 9.17) is 15.5 Å². The lowest BCUT2D eigenvalue weighted by Crippen LogP contribution is -1.95. The number of nitrogens with two attached hydrogens (primary N) is 1. The summed E-state index contributed by atoms with van der Waals surface area (Å²) >= 11 is 0. The van der Waals surface area contributed by atoms with Crippen LogP contribution in [0.4, 0.5) is 10.1 Å². The number of nitrogens with zero attached hydrogens (tertiary/aromatic N) is 2. The molecular weight excluding hydrogens is 345 g/mol. The number of halogens is 1. The molecule has 3 N–H and O–H groups in total. The molecule has 27 heavy (non-hydrogen) atoms. The number of anilines is 1. The quantitative estimate of drug-likeness (QED) is 0.557. The van der Waals surface area contributed by atoms with Crippen molar-refractivity contribution in [2.75, 3.05) is 12.8 Å². The molecule has 0 aliphatic heterocycles. The first-order chi connectivity index (χ1) is 13.1. The van der Waals surface area contributed by atoms with E-state index in [0.29, 0.717) is 44.7 Å². The molecule has 136 valence electrons. The van der Waals surface area contributed by atoms with E-state index in [-0.39, 0.29) is 11.6 Å². The van der Waals surface area contributed by atoms with Crippen LogP contribution < -0.4 is 10.5 Å². The fourth-order valence-corrected chi connectivity index (χ4v) is 3.71. The number of para-hydroxylation sites is 1. The lowest BCUT2D eigenvalue weighted by molar-refractivity contribution is 0.387. The van der Waals surface area contributed by atoms with Gasteiger partial charge in [0.1, 0.15) is 0 Å². The number of aromatic nitrogens is 2. The molecule has 1 aliphatic rings. The smallest absolute Gasteiger partial charge is 0.203 e. The number of aromatic hydroxyl groups is 1. The molecule has 0 atom stereocenters. The van der Waals surface area contributed by atoms with E-state index in [2.05, 4.69) is 0 Å². The Labute approximate surface area is 154 Å². The number of fused-ring (bicyclic) bond motifs is 2. The molecule has 1 aliphatic carbocycles. The van der Waals surface area contributed by atoms with Crippen LogP contribution >= 0.6 is 0 Å². The Morgan fingerprint density at radius 2 is 1.93 bits per heavy atom. The first-order valence-corrected chi connectivity index (χ1v) is 8.84. The fourth-order valence-electron chi connectivity index (χ4n) is 3.71. The Balaban J connectivity index is 1.84. The number of benzene rings is 2. The third-order valence-electron chi connectivity index (χ3n) is 5.23. The van der Waals surface area contributed by atoms with Crippen molar-refractivity contribution in [1.29, 1.82) is 0 Å². The molecule has 5 rings (SSSR count). The van der Waals surface area contributed by atoms with Gasteiger partial charge >= 0.3 is 0 Å². The van der Waals surface area contributed by atoms with Gasteiger partial charge in [-0.2, -0.15) is 0 Å². The van der Waals surface area contributed by atoms with E-state index < -0.39 is 5.82 Å². The van der Waals surface area contributed by atoms with Crippen LogP contribution in [0.25, 0.3) is 32.9 Å². The van der Waals surface area contributed by atoms with Gasteiger partial charge < -0.3 is 20.1 Å². The van der Waals surface area contributed by atoms with E-state index in [1.165, 1.54) is 7.11 Å². The molecule has 1 saturated carbocycles. The number of hydrogen-bond acceptors (Lipinski definition) is 4. The standard InChI is InChI=1S/C21H18FN3O2/c1-27-16-7-3-4-12(18(16)22)13-5-2-6-14-19(23)17-15(24-20(13)14)10-25(21(17)26)11-8-9-11/h2-7,10-11,26H,8-9,23H2,1H3. The van der Waals surface area contributed by atoms with Crippen LogP contribution in [0, 0.1) is 5.82 Å². The van der Waals surface area contributed by atoms with Crippen molar-refractivity contribution < 1.29 is 14.2 Å². The molecule has 0 bridgehead atoms. The van der Waals surface area contributed by atoms with Gasteiger partial charge in [-0.1, -0.05) is 30.3 Å². The third kappa shape index (κ3) is 2.26. The maximum atomic E-state index is 14.9.